The molecule has 2 aliphatic rings. The minimum absolute atomic E-state index is 0.968. The van der Waals surface area contributed by atoms with Crippen LogP contribution in [-0.4, -0.2) is 48.8 Å². The van der Waals surface area contributed by atoms with Crippen molar-refractivity contribution in [1.82, 2.24) is 4.90 Å². The lowest BCUT2D eigenvalue weighted by atomic mass is 9.94. The number of hydrogen-bond acceptors (Lipinski definition) is 1. The molecule has 0 spiro atoms. The Hall–Kier alpha value is -0.0800. The predicted octanol–water partition coefficient (Wildman–Crippen LogP) is 2.84. The number of hydrogen-bond donors (Lipinski definition) is 0. The van der Waals surface area contributed by atoms with Gasteiger partial charge in [-0.3, -0.25) is 4.90 Å². The molecule has 1 saturated carbocycles. The molecule has 0 amide bonds. The van der Waals surface area contributed by atoms with E-state index in [-0.39, 0.29) is 0 Å². The smallest absolute Gasteiger partial charge is 0.135 e. The van der Waals surface area contributed by atoms with Gasteiger partial charge < -0.3 is 4.48 Å². The Kier molecular flexibility index (Phi) is 4.26. The molecule has 1 heterocycles. The molecule has 1 aliphatic heterocycles. The van der Waals surface area contributed by atoms with Crippen LogP contribution >= 0.6 is 0 Å². The molecule has 0 N–H and O–H groups in total. The minimum Gasteiger partial charge on any atom is -0.308 e. The van der Waals surface area contributed by atoms with Crippen molar-refractivity contribution in [2.45, 2.75) is 57.9 Å². The van der Waals surface area contributed by atoms with Gasteiger partial charge in [0.1, 0.15) is 6.67 Å². The lowest BCUT2D eigenvalue weighted by Crippen LogP contribution is -2.54. The Bertz CT molecular complexity index is 209. The Balaban J connectivity index is 2.00. The zero-order chi connectivity index (χ0) is 11.4. The van der Waals surface area contributed by atoms with Crippen molar-refractivity contribution in [2.75, 3.05) is 33.4 Å². The SMILES string of the molecule is CC[N+]1(C2CCCCCCC2)CCN(C)C1. The summed E-state index contributed by atoms with van der Waals surface area (Å²) in [6, 6.07) is 0.968. The Morgan fingerprint density at radius 3 is 2.19 bits per heavy atom. The zero-order valence-electron chi connectivity index (χ0n) is 11.2. The van der Waals surface area contributed by atoms with E-state index in [9.17, 15) is 0 Å². The van der Waals surface area contributed by atoms with Gasteiger partial charge in [0.15, 0.2) is 0 Å². The molecule has 2 nitrogen and oxygen atoms in total. The molecule has 0 bridgehead atoms. The van der Waals surface area contributed by atoms with Crippen molar-refractivity contribution in [3.63, 3.8) is 0 Å². The highest BCUT2D eigenvalue weighted by Crippen LogP contribution is 2.29. The second-order valence-corrected chi connectivity index (χ2v) is 5.98. The number of likely N-dealkylation sites (N-methyl/N-ethyl adjacent to an activating group) is 2. The Labute approximate surface area is 101 Å². The van der Waals surface area contributed by atoms with Crippen LogP contribution in [0, 0.1) is 0 Å². The average Bonchev–Trinajstić information content (AvgIpc) is 2.61. The summed E-state index contributed by atoms with van der Waals surface area (Å²) in [6.07, 6.45) is 10.4. The molecule has 16 heavy (non-hydrogen) atoms. The lowest BCUT2D eigenvalue weighted by Gasteiger charge is -2.41. The molecule has 1 atom stereocenters. The third-order valence-electron chi connectivity index (χ3n) is 4.93. The highest BCUT2D eigenvalue weighted by molar-refractivity contribution is 4.69. The molecule has 2 fully saturated rings. The van der Waals surface area contributed by atoms with Gasteiger partial charge in [-0.25, -0.2) is 0 Å². The number of rotatable bonds is 2. The first kappa shape index (κ1) is 12.4. The standard InChI is InChI=1S/C14H29N2/c1-3-16(12-11-15(2)13-16)14-9-7-5-4-6-8-10-14/h14H,3-13H2,1-2H3/q+1. The van der Waals surface area contributed by atoms with E-state index in [0.717, 1.165) is 6.04 Å². The van der Waals surface area contributed by atoms with E-state index in [2.05, 4.69) is 18.9 Å². The molecular formula is C14H29N2+. The van der Waals surface area contributed by atoms with Crippen LogP contribution in [0.5, 0.6) is 0 Å². The second kappa shape index (κ2) is 5.50. The number of quaternary nitrogens is 1. The van der Waals surface area contributed by atoms with E-state index in [0.29, 0.717) is 0 Å². The maximum atomic E-state index is 2.53. The summed E-state index contributed by atoms with van der Waals surface area (Å²) in [6.45, 7) is 7.76. The second-order valence-electron chi connectivity index (χ2n) is 5.98. The fourth-order valence-electron chi connectivity index (χ4n) is 3.79. The highest BCUT2D eigenvalue weighted by atomic mass is 15.5. The largest absolute Gasteiger partial charge is 0.308 e. The van der Waals surface area contributed by atoms with Gasteiger partial charge in [-0.15, -0.1) is 0 Å². The summed E-state index contributed by atoms with van der Waals surface area (Å²) in [5.74, 6) is 0. The normalized spacial score (nSPS) is 34.9. The van der Waals surface area contributed by atoms with Gasteiger partial charge in [0.25, 0.3) is 0 Å². The van der Waals surface area contributed by atoms with Gasteiger partial charge in [0, 0.05) is 0 Å². The van der Waals surface area contributed by atoms with Crippen LogP contribution in [0.15, 0.2) is 0 Å². The monoisotopic (exact) mass is 225 g/mol. The Morgan fingerprint density at radius 1 is 1.06 bits per heavy atom. The first-order valence-electron chi connectivity index (χ1n) is 7.31. The van der Waals surface area contributed by atoms with Crippen molar-refractivity contribution >= 4 is 0 Å². The fourth-order valence-corrected chi connectivity index (χ4v) is 3.79. The summed E-state index contributed by atoms with van der Waals surface area (Å²) in [5, 5.41) is 0. The highest BCUT2D eigenvalue weighted by Gasteiger charge is 2.40. The lowest BCUT2D eigenvalue weighted by molar-refractivity contribution is -0.943. The maximum Gasteiger partial charge on any atom is 0.135 e. The maximum absolute atomic E-state index is 2.53. The van der Waals surface area contributed by atoms with E-state index < -0.39 is 0 Å². The molecule has 1 unspecified atom stereocenters. The van der Waals surface area contributed by atoms with Crippen LogP contribution in [-0.2, 0) is 0 Å². The topological polar surface area (TPSA) is 3.24 Å². The van der Waals surface area contributed by atoms with Crippen LogP contribution < -0.4 is 0 Å². The predicted molar refractivity (Wildman–Crippen MR) is 69.3 cm³/mol. The first-order chi connectivity index (χ1) is 7.77. The van der Waals surface area contributed by atoms with E-state index >= 15 is 0 Å². The van der Waals surface area contributed by atoms with Gasteiger partial charge >= 0.3 is 0 Å². The first-order valence-corrected chi connectivity index (χ1v) is 7.31. The molecule has 2 rings (SSSR count). The van der Waals surface area contributed by atoms with E-state index in [1.807, 2.05) is 0 Å². The van der Waals surface area contributed by atoms with Gasteiger partial charge in [-0.2, -0.15) is 0 Å². The zero-order valence-corrected chi connectivity index (χ0v) is 11.2. The van der Waals surface area contributed by atoms with Crippen molar-refractivity contribution in [3.05, 3.63) is 0 Å². The van der Waals surface area contributed by atoms with Crippen LogP contribution in [0.25, 0.3) is 0 Å². The van der Waals surface area contributed by atoms with Crippen molar-refractivity contribution in [1.29, 1.82) is 0 Å². The van der Waals surface area contributed by atoms with Crippen LogP contribution in [0.3, 0.4) is 0 Å². The molecule has 1 aliphatic carbocycles. The molecule has 1 saturated heterocycles. The minimum atomic E-state index is 0.968. The van der Waals surface area contributed by atoms with Crippen LogP contribution in [0.1, 0.15) is 51.9 Å². The van der Waals surface area contributed by atoms with Crippen molar-refractivity contribution in [2.24, 2.45) is 0 Å². The Morgan fingerprint density at radius 2 is 1.69 bits per heavy atom. The van der Waals surface area contributed by atoms with Crippen LogP contribution in [0.2, 0.25) is 0 Å². The van der Waals surface area contributed by atoms with E-state index in [4.69, 9.17) is 0 Å². The molecule has 94 valence electrons. The van der Waals surface area contributed by atoms with Gasteiger partial charge in [0.05, 0.1) is 25.7 Å². The van der Waals surface area contributed by atoms with Crippen molar-refractivity contribution in [3.8, 4) is 0 Å². The summed E-state index contributed by atoms with van der Waals surface area (Å²) in [5.41, 5.74) is 0. The molecule has 0 aromatic heterocycles. The molecular weight excluding hydrogens is 196 g/mol. The third kappa shape index (κ3) is 2.60. The quantitative estimate of drug-likeness (QED) is 0.653. The van der Waals surface area contributed by atoms with E-state index in [1.165, 1.54) is 75.7 Å². The molecule has 0 aromatic rings. The molecule has 0 radical (unpaired) electrons. The summed E-state index contributed by atoms with van der Waals surface area (Å²) < 4.78 is 1.40. The molecule has 0 aromatic carbocycles. The average molecular weight is 225 g/mol. The third-order valence-corrected chi connectivity index (χ3v) is 4.93. The molecule has 2 heteroatoms. The summed E-state index contributed by atoms with van der Waals surface area (Å²) in [7, 11) is 2.29. The van der Waals surface area contributed by atoms with Gasteiger partial charge in [-0.05, 0) is 39.7 Å². The van der Waals surface area contributed by atoms with Gasteiger partial charge in [0.2, 0.25) is 0 Å². The van der Waals surface area contributed by atoms with Gasteiger partial charge in [-0.1, -0.05) is 19.3 Å². The summed E-state index contributed by atoms with van der Waals surface area (Å²) >= 11 is 0. The number of nitrogens with zero attached hydrogens (tertiary/aromatic N) is 2. The van der Waals surface area contributed by atoms with Crippen LogP contribution in [0.4, 0.5) is 0 Å². The fraction of sp³-hybridized carbons (Fsp3) is 1.00. The summed E-state index contributed by atoms with van der Waals surface area (Å²) in [4.78, 5) is 2.53. The van der Waals surface area contributed by atoms with E-state index in [1.54, 1.807) is 0 Å². The van der Waals surface area contributed by atoms with Crippen molar-refractivity contribution < 1.29 is 4.48 Å².